The monoisotopic (exact) mass is 320 g/mol. The molecule has 1 N–H and O–H groups in total. The van der Waals surface area contributed by atoms with E-state index in [1.807, 2.05) is 52.3 Å². The first-order valence-corrected chi connectivity index (χ1v) is 7.99. The van der Waals surface area contributed by atoms with Gasteiger partial charge in [0.05, 0.1) is 6.10 Å². The van der Waals surface area contributed by atoms with E-state index in [-0.39, 0.29) is 29.4 Å². The third-order valence-corrected chi connectivity index (χ3v) is 3.99. The minimum Gasteiger partial charge on any atom is -0.488 e. The van der Waals surface area contributed by atoms with E-state index in [1.54, 1.807) is 6.07 Å². The van der Waals surface area contributed by atoms with Crippen LogP contribution in [0.2, 0.25) is 0 Å². The predicted octanol–water partition coefficient (Wildman–Crippen LogP) is 4.14. The third-order valence-electron chi connectivity index (χ3n) is 3.99. The molecule has 0 aliphatic rings. The van der Waals surface area contributed by atoms with Gasteiger partial charge in [-0.1, -0.05) is 13.0 Å². The average molecular weight is 320 g/mol. The fourth-order valence-corrected chi connectivity index (χ4v) is 2.88. The molecule has 0 saturated heterocycles. The van der Waals surface area contributed by atoms with Gasteiger partial charge in [-0.05, 0) is 52.3 Å². The summed E-state index contributed by atoms with van der Waals surface area (Å²) in [5.41, 5.74) is 2.20. The Bertz CT molecular complexity index is 744. The van der Waals surface area contributed by atoms with E-state index in [2.05, 4.69) is 5.10 Å². The summed E-state index contributed by atoms with van der Waals surface area (Å²) >= 11 is 0. The maximum atomic E-state index is 14.2. The van der Waals surface area contributed by atoms with Crippen LogP contribution in [0.4, 0.5) is 4.39 Å². The number of benzene rings is 1. The zero-order valence-corrected chi connectivity index (χ0v) is 14.6. The molecule has 0 spiro atoms. The molecule has 5 heteroatoms. The summed E-state index contributed by atoms with van der Waals surface area (Å²) in [6.45, 7) is 11.6. The first-order chi connectivity index (χ1) is 10.7. The number of nitrogens with zero attached hydrogens (tertiary/aromatic N) is 1. The Morgan fingerprint density at radius 3 is 2.30 bits per heavy atom. The fraction of sp³-hybridized carbons (Fsp3) is 0.500. The quantitative estimate of drug-likeness (QED) is 0.900. The largest absolute Gasteiger partial charge is 0.488 e. The summed E-state index contributed by atoms with van der Waals surface area (Å²) < 4.78 is 21.5. The molecule has 1 aromatic heterocycles. The molecular formula is C18H25FN2O2. The summed E-state index contributed by atoms with van der Waals surface area (Å²) in [6, 6.07) is 5.07. The lowest BCUT2D eigenvalue weighted by Crippen LogP contribution is -2.12. The van der Waals surface area contributed by atoms with Crippen molar-refractivity contribution in [2.75, 3.05) is 0 Å². The Labute approximate surface area is 136 Å². The Hall–Kier alpha value is -2.04. The molecular weight excluding hydrogens is 295 g/mol. The van der Waals surface area contributed by atoms with Gasteiger partial charge >= 0.3 is 0 Å². The van der Waals surface area contributed by atoms with Gasteiger partial charge in [0.25, 0.3) is 5.56 Å². The van der Waals surface area contributed by atoms with E-state index in [0.717, 1.165) is 11.3 Å². The molecule has 0 aliphatic heterocycles. The maximum Gasteiger partial charge on any atom is 0.268 e. The standard InChI is InChI=1S/C18H25FN2O2/c1-10(2)21-13(6)17(18(22)20-21)12(5)14-7-8-16(15(19)9-14)23-11(3)4/h7-12H,1-6H3,(H,20,22). The van der Waals surface area contributed by atoms with Crippen molar-refractivity contribution in [3.63, 3.8) is 0 Å². The topological polar surface area (TPSA) is 47.0 Å². The number of hydrogen-bond acceptors (Lipinski definition) is 2. The van der Waals surface area contributed by atoms with Gasteiger partial charge in [0.1, 0.15) is 0 Å². The summed E-state index contributed by atoms with van der Waals surface area (Å²) in [4.78, 5) is 12.3. The van der Waals surface area contributed by atoms with Crippen molar-refractivity contribution in [2.24, 2.45) is 0 Å². The second kappa shape index (κ2) is 6.60. The maximum absolute atomic E-state index is 14.2. The SMILES string of the molecule is Cc1c(C(C)c2ccc(OC(C)C)c(F)c2)c(=O)[nH]n1C(C)C. The van der Waals surface area contributed by atoms with Crippen LogP contribution in [0, 0.1) is 12.7 Å². The van der Waals surface area contributed by atoms with E-state index in [1.165, 1.54) is 6.07 Å². The molecule has 0 bridgehead atoms. The summed E-state index contributed by atoms with van der Waals surface area (Å²) in [5.74, 6) is -0.358. The van der Waals surface area contributed by atoms with Crippen molar-refractivity contribution in [2.45, 2.75) is 59.6 Å². The molecule has 0 saturated carbocycles. The highest BCUT2D eigenvalue weighted by molar-refractivity contribution is 5.37. The predicted molar refractivity (Wildman–Crippen MR) is 89.9 cm³/mol. The molecule has 0 fully saturated rings. The van der Waals surface area contributed by atoms with Gasteiger partial charge in [-0.2, -0.15) is 0 Å². The molecule has 0 amide bonds. The molecule has 1 unspecified atom stereocenters. The number of aromatic amines is 1. The van der Waals surface area contributed by atoms with Gasteiger partial charge in [0.15, 0.2) is 11.6 Å². The van der Waals surface area contributed by atoms with Gasteiger partial charge in [-0.3, -0.25) is 14.6 Å². The minimum atomic E-state index is -0.402. The zero-order chi connectivity index (χ0) is 17.3. The summed E-state index contributed by atoms with van der Waals surface area (Å²) in [7, 11) is 0. The van der Waals surface area contributed by atoms with Crippen molar-refractivity contribution in [1.29, 1.82) is 0 Å². The van der Waals surface area contributed by atoms with Crippen LogP contribution in [0.25, 0.3) is 0 Å². The first kappa shape index (κ1) is 17.3. The van der Waals surface area contributed by atoms with Crippen LogP contribution in [0.1, 0.15) is 63.4 Å². The fourth-order valence-electron chi connectivity index (χ4n) is 2.88. The molecule has 126 valence electrons. The number of halogens is 1. The summed E-state index contributed by atoms with van der Waals surface area (Å²) in [5, 5.41) is 2.86. The molecule has 0 radical (unpaired) electrons. The number of aromatic nitrogens is 2. The Morgan fingerprint density at radius 2 is 1.83 bits per heavy atom. The minimum absolute atomic E-state index is 0.0852. The van der Waals surface area contributed by atoms with Crippen LogP contribution in [0.15, 0.2) is 23.0 Å². The van der Waals surface area contributed by atoms with E-state index in [4.69, 9.17) is 4.74 Å². The zero-order valence-electron chi connectivity index (χ0n) is 14.6. The lowest BCUT2D eigenvalue weighted by molar-refractivity contribution is 0.231. The molecule has 0 aliphatic carbocycles. The Balaban J connectivity index is 2.40. The van der Waals surface area contributed by atoms with E-state index < -0.39 is 5.82 Å². The van der Waals surface area contributed by atoms with E-state index in [0.29, 0.717) is 5.56 Å². The highest BCUT2D eigenvalue weighted by atomic mass is 19.1. The second-order valence-corrected chi connectivity index (χ2v) is 6.48. The number of rotatable bonds is 5. The molecule has 1 atom stereocenters. The van der Waals surface area contributed by atoms with E-state index in [9.17, 15) is 9.18 Å². The van der Waals surface area contributed by atoms with Crippen molar-refractivity contribution in [1.82, 2.24) is 9.78 Å². The molecule has 2 rings (SSSR count). The van der Waals surface area contributed by atoms with Gasteiger partial charge in [0, 0.05) is 23.2 Å². The van der Waals surface area contributed by atoms with Crippen molar-refractivity contribution >= 4 is 0 Å². The van der Waals surface area contributed by atoms with Crippen LogP contribution in [0.3, 0.4) is 0 Å². The van der Waals surface area contributed by atoms with Crippen molar-refractivity contribution < 1.29 is 9.13 Å². The first-order valence-electron chi connectivity index (χ1n) is 7.99. The lowest BCUT2D eigenvalue weighted by Gasteiger charge is -2.15. The second-order valence-electron chi connectivity index (χ2n) is 6.48. The highest BCUT2D eigenvalue weighted by Gasteiger charge is 2.21. The van der Waals surface area contributed by atoms with Gasteiger partial charge in [0.2, 0.25) is 0 Å². The lowest BCUT2D eigenvalue weighted by atomic mass is 9.93. The smallest absolute Gasteiger partial charge is 0.268 e. The molecule has 1 aromatic carbocycles. The van der Waals surface area contributed by atoms with Crippen LogP contribution in [0.5, 0.6) is 5.75 Å². The average Bonchev–Trinajstić information content (AvgIpc) is 2.75. The van der Waals surface area contributed by atoms with Crippen LogP contribution < -0.4 is 10.3 Å². The number of H-pyrrole nitrogens is 1. The number of ether oxygens (including phenoxy) is 1. The van der Waals surface area contributed by atoms with Gasteiger partial charge in [-0.15, -0.1) is 0 Å². The molecule has 1 heterocycles. The van der Waals surface area contributed by atoms with Crippen molar-refractivity contribution in [3.05, 3.63) is 51.2 Å². The van der Waals surface area contributed by atoms with Crippen molar-refractivity contribution in [3.8, 4) is 5.75 Å². The number of nitrogens with one attached hydrogen (secondary N) is 1. The molecule has 2 aromatic rings. The van der Waals surface area contributed by atoms with Gasteiger partial charge < -0.3 is 4.74 Å². The number of hydrogen-bond donors (Lipinski definition) is 1. The Morgan fingerprint density at radius 1 is 1.17 bits per heavy atom. The highest BCUT2D eigenvalue weighted by Crippen LogP contribution is 2.29. The van der Waals surface area contributed by atoms with Crippen LogP contribution in [-0.4, -0.2) is 15.9 Å². The summed E-state index contributed by atoms with van der Waals surface area (Å²) in [6.07, 6.45) is -0.0852. The van der Waals surface area contributed by atoms with Crippen LogP contribution >= 0.6 is 0 Å². The van der Waals surface area contributed by atoms with Gasteiger partial charge in [-0.25, -0.2) is 4.39 Å². The molecule has 23 heavy (non-hydrogen) atoms. The van der Waals surface area contributed by atoms with E-state index >= 15 is 0 Å². The third kappa shape index (κ3) is 3.49. The van der Waals surface area contributed by atoms with Crippen LogP contribution in [-0.2, 0) is 0 Å². The Kier molecular flexibility index (Phi) is 4.97. The molecule has 4 nitrogen and oxygen atoms in total. The normalized spacial score (nSPS) is 12.9.